The molecule has 1 aromatic rings. The maximum absolute atomic E-state index is 8.76. The van der Waals surface area contributed by atoms with Crippen molar-refractivity contribution in [3.05, 3.63) is 17.8 Å². The minimum atomic E-state index is 0.499. The first-order valence-corrected chi connectivity index (χ1v) is 6.84. The van der Waals surface area contributed by atoms with Crippen molar-refractivity contribution in [3.8, 4) is 6.07 Å². The molecule has 102 valence electrons. The van der Waals surface area contributed by atoms with Gasteiger partial charge in [-0.05, 0) is 44.5 Å². The minimum absolute atomic E-state index is 0.499. The molecule has 1 aromatic heterocycles. The highest BCUT2D eigenvalue weighted by Gasteiger charge is 2.18. The highest BCUT2D eigenvalue weighted by Crippen LogP contribution is 2.20. The number of likely N-dealkylation sites (tertiary alicyclic amines) is 1. The number of nitrogens with one attached hydrogen (secondary N) is 1. The topological polar surface area (TPSA) is 78.0 Å². The van der Waals surface area contributed by atoms with Crippen molar-refractivity contribution >= 4 is 11.5 Å². The molecule has 0 spiro atoms. The molecule has 2 rings (SSSR count). The summed E-state index contributed by atoms with van der Waals surface area (Å²) in [5, 5.41) is 12.1. The fourth-order valence-corrected chi connectivity index (χ4v) is 2.44. The van der Waals surface area contributed by atoms with E-state index in [-0.39, 0.29) is 0 Å². The van der Waals surface area contributed by atoms with Gasteiger partial charge in [-0.3, -0.25) is 0 Å². The summed E-state index contributed by atoms with van der Waals surface area (Å²) < 4.78 is 0. The number of pyridine rings is 1. The molecular formula is C14H21N5. The predicted molar refractivity (Wildman–Crippen MR) is 76.7 cm³/mol. The van der Waals surface area contributed by atoms with E-state index < -0.39 is 0 Å². The number of hydrogen-bond donors (Lipinski definition) is 2. The van der Waals surface area contributed by atoms with Crippen LogP contribution >= 0.6 is 0 Å². The van der Waals surface area contributed by atoms with Gasteiger partial charge in [0.1, 0.15) is 11.9 Å². The van der Waals surface area contributed by atoms with Gasteiger partial charge in [-0.15, -0.1) is 0 Å². The van der Waals surface area contributed by atoms with Crippen LogP contribution in [0.4, 0.5) is 11.5 Å². The minimum Gasteiger partial charge on any atom is -0.396 e. The molecule has 1 aliphatic heterocycles. The summed E-state index contributed by atoms with van der Waals surface area (Å²) in [6.07, 6.45) is 3.99. The lowest BCUT2D eigenvalue weighted by Crippen LogP contribution is -2.35. The van der Waals surface area contributed by atoms with Gasteiger partial charge in [0.15, 0.2) is 0 Å². The molecule has 19 heavy (non-hydrogen) atoms. The number of anilines is 2. The molecule has 1 saturated heterocycles. The van der Waals surface area contributed by atoms with Gasteiger partial charge in [0.05, 0.1) is 11.3 Å². The number of rotatable bonds is 4. The van der Waals surface area contributed by atoms with Crippen LogP contribution < -0.4 is 11.1 Å². The van der Waals surface area contributed by atoms with Gasteiger partial charge < -0.3 is 16.0 Å². The Labute approximate surface area is 114 Å². The number of nitrogens with two attached hydrogens (primary N) is 1. The fraction of sp³-hybridized carbons (Fsp3) is 0.571. The second-order valence-electron chi connectivity index (χ2n) is 5.03. The third-order valence-electron chi connectivity index (χ3n) is 3.76. The molecule has 1 aliphatic rings. The smallest absolute Gasteiger partial charge is 0.149 e. The third-order valence-corrected chi connectivity index (χ3v) is 3.76. The zero-order valence-electron chi connectivity index (χ0n) is 11.4. The Morgan fingerprint density at radius 3 is 2.84 bits per heavy atom. The molecule has 0 unspecified atom stereocenters. The van der Waals surface area contributed by atoms with Gasteiger partial charge in [0.25, 0.3) is 0 Å². The zero-order chi connectivity index (χ0) is 13.7. The van der Waals surface area contributed by atoms with E-state index in [2.05, 4.69) is 22.1 Å². The first-order chi connectivity index (χ1) is 9.22. The van der Waals surface area contributed by atoms with Gasteiger partial charge in [0, 0.05) is 12.7 Å². The van der Waals surface area contributed by atoms with E-state index >= 15 is 0 Å². The fourth-order valence-electron chi connectivity index (χ4n) is 2.44. The van der Waals surface area contributed by atoms with Crippen LogP contribution in [0.2, 0.25) is 0 Å². The number of nitrogen functional groups attached to an aromatic ring is 1. The molecule has 5 heteroatoms. The standard InChI is InChI=1S/C14H21N5/c1-2-19-5-3-11(4-6-19)9-17-14-13(16)7-12(8-15)10-18-14/h7,10-11H,2-6,9,16H2,1H3,(H,17,18). The van der Waals surface area contributed by atoms with E-state index in [1.54, 1.807) is 12.3 Å². The van der Waals surface area contributed by atoms with E-state index in [0.29, 0.717) is 23.0 Å². The van der Waals surface area contributed by atoms with Crippen LogP contribution in [0.3, 0.4) is 0 Å². The molecule has 2 heterocycles. The van der Waals surface area contributed by atoms with Crippen LogP contribution in [0.5, 0.6) is 0 Å². The highest BCUT2D eigenvalue weighted by molar-refractivity contribution is 5.63. The second-order valence-corrected chi connectivity index (χ2v) is 5.03. The molecule has 0 atom stereocenters. The lowest BCUT2D eigenvalue weighted by molar-refractivity contribution is 0.198. The van der Waals surface area contributed by atoms with Crippen molar-refractivity contribution in [2.75, 3.05) is 37.2 Å². The Hall–Kier alpha value is -1.80. The van der Waals surface area contributed by atoms with E-state index in [1.807, 2.05) is 6.07 Å². The van der Waals surface area contributed by atoms with Crippen LogP contribution in [0.15, 0.2) is 12.3 Å². The Morgan fingerprint density at radius 2 is 2.26 bits per heavy atom. The summed E-state index contributed by atoms with van der Waals surface area (Å²) in [4.78, 5) is 6.67. The van der Waals surface area contributed by atoms with E-state index in [1.165, 1.54) is 25.9 Å². The summed E-state index contributed by atoms with van der Waals surface area (Å²) in [5.74, 6) is 1.37. The van der Waals surface area contributed by atoms with Crippen LogP contribution in [-0.2, 0) is 0 Å². The van der Waals surface area contributed by atoms with Crippen molar-refractivity contribution < 1.29 is 0 Å². The zero-order valence-corrected chi connectivity index (χ0v) is 11.4. The lowest BCUT2D eigenvalue weighted by Gasteiger charge is -2.31. The first-order valence-electron chi connectivity index (χ1n) is 6.84. The van der Waals surface area contributed by atoms with Crippen molar-refractivity contribution in [2.45, 2.75) is 19.8 Å². The summed E-state index contributed by atoms with van der Waals surface area (Å²) in [6, 6.07) is 3.70. The summed E-state index contributed by atoms with van der Waals surface area (Å²) in [5.41, 5.74) is 6.92. The van der Waals surface area contributed by atoms with Gasteiger partial charge in [-0.25, -0.2) is 4.98 Å². The largest absolute Gasteiger partial charge is 0.396 e. The Balaban J connectivity index is 1.85. The number of aromatic nitrogens is 1. The Morgan fingerprint density at radius 1 is 1.53 bits per heavy atom. The van der Waals surface area contributed by atoms with Crippen molar-refractivity contribution in [1.82, 2.24) is 9.88 Å². The molecular weight excluding hydrogens is 238 g/mol. The van der Waals surface area contributed by atoms with Gasteiger partial charge >= 0.3 is 0 Å². The molecule has 0 bridgehead atoms. The predicted octanol–water partition coefficient (Wildman–Crippen LogP) is 1.68. The summed E-state index contributed by atoms with van der Waals surface area (Å²) >= 11 is 0. The second kappa shape index (κ2) is 6.39. The maximum atomic E-state index is 8.76. The van der Waals surface area contributed by atoms with Gasteiger partial charge in [-0.1, -0.05) is 6.92 Å². The van der Waals surface area contributed by atoms with Crippen molar-refractivity contribution in [3.63, 3.8) is 0 Å². The van der Waals surface area contributed by atoms with Gasteiger partial charge in [0.2, 0.25) is 0 Å². The average molecular weight is 259 g/mol. The van der Waals surface area contributed by atoms with Crippen LogP contribution in [0.25, 0.3) is 0 Å². The maximum Gasteiger partial charge on any atom is 0.149 e. The monoisotopic (exact) mass is 259 g/mol. The van der Waals surface area contributed by atoms with Crippen molar-refractivity contribution in [2.24, 2.45) is 5.92 Å². The van der Waals surface area contributed by atoms with E-state index in [9.17, 15) is 0 Å². The molecule has 0 aromatic carbocycles. The molecule has 5 nitrogen and oxygen atoms in total. The highest BCUT2D eigenvalue weighted by atomic mass is 15.1. The summed E-state index contributed by atoms with van der Waals surface area (Å²) in [6.45, 7) is 6.61. The molecule has 0 radical (unpaired) electrons. The first kappa shape index (κ1) is 13.6. The molecule has 0 aliphatic carbocycles. The molecule has 1 fully saturated rings. The number of piperidine rings is 1. The normalized spacial score (nSPS) is 17.1. The summed E-state index contributed by atoms with van der Waals surface area (Å²) in [7, 11) is 0. The Kier molecular flexibility index (Phi) is 4.58. The SMILES string of the molecule is CCN1CCC(CNc2ncc(C#N)cc2N)CC1. The van der Waals surface area contributed by atoms with Gasteiger partial charge in [-0.2, -0.15) is 5.26 Å². The number of hydrogen-bond acceptors (Lipinski definition) is 5. The quantitative estimate of drug-likeness (QED) is 0.860. The molecule has 0 amide bonds. The third kappa shape index (κ3) is 3.58. The van der Waals surface area contributed by atoms with Crippen molar-refractivity contribution in [1.29, 1.82) is 5.26 Å². The van der Waals surface area contributed by atoms with Crippen LogP contribution in [0.1, 0.15) is 25.3 Å². The van der Waals surface area contributed by atoms with Crippen LogP contribution in [0, 0.1) is 17.2 Å². The van der Waals surface area contributed by atoms with Crippen LogP contribution in [-0.4, -0.2) is 36.1 Å². The van der Waals surface area contributed by atoms with E-state index in [4.69, 9.17) is 11.0 Å². The lowest BCUT2D eigenvalue weighted by atomic mass is 9.97. The van der Waals surface area contributed by atoms with E-state index in [0.717, 1.165) is 13.1 Å². The number of nitrogens with zero attached hydrogens (tertiary/aromatic N) is 3. The molecule has 0 saturated carbocycles. The molecule has 3 N–H and O–H groups in total. The number of nitriles is 1. The Bertz CT molecular complexity index is 457. The average Bonchev–Trinajstić information content (AvgIpc) is 2.46.